The first-order valence-electron chi connectivity index (χ1n) is 7.03. The van der Waals surface area contributed by atoms with E-state index in [0.29, 0.717) is 17.1 Å². The van der Waals surface area contributed by atoms with Crippen molar-refractivity contribution in [3.63, 3.8) is 0 Å². The van der Waals surface area contributed by atoms with Gasteiger partial charge in [0.1, 0.15) is 6.33 Å². The van der Waals surface area contributed by atoms with Crippen LogP contribution in [0, 0.1) is 11.3 Å². The van der Waals surface area contributed by atoms with Crippen molar-refractivity contribution in [3.8, 4) is 6.07 Å². The molecule has 0 bridgehead atoms. The minimum absolute atomic E-state index is 0.629. The highest BCUT2D eigenvalue weighted by molar-refractivity contribution is 6.30. The predicted molar refractivity (Wildman–Crippen MR) is 90.5 cm³/mol. The maximum absolute atomic E-state index is 8.95. The van der Waals surface area contributed by atoms with Crippen LogP contribution in [0.2, 0.25) is 5.02 Å². The molecule has 0 radical (unpaired) electrons. The van der Waals surface area contributed by atoms with Gasteiger partial charge in [-0.15, -0.1) is 0 Å². The Balaban J connectivity index is 1.96. The molecule has 0 saturated heterocycles. The van der Waals surface area contributed by atoms with Crippen LogP contribution in [-0.2, 0) is 6.54 Å². The van der Waals surface area contributed by atoms with Crippen molar-refractivity contribution in [2.75, 3.05) is 4.90 Å². The number of halogens is 1. The minimum Gasteiger partial charge on any atom is -0.334 e. The van der Waals surface area contributed by atoms with Crippen molar-refractivity contribution in [2.24, 2.45) is 0 Å². The molecule has 0 aliphatic rings. The van der Waals surface area contributed by atoms with Gasteiger partial charge in [0.05, 0.1) is 29.7 Å². The normalized spacial score (nSPS) is 10.1. The predicted octanol–water partition coefficient (Wildman–Crippen LogP) is 4.34. The third kappa shape index (κ3) is 3.65. The van der Waals surface area contributed by atoms with Crippen LogP contribution < -0.4 is 4.90 Å². The highest BCUT2D eigenvalue weighted by Crippen LogP contribution is 2.27. The maximum atomic E-state index is 8.95. The largest absolute Gasteiger partial charge is 0.334 e. The Hall–Kier alpha value is -2.90. The van der Waals surface area contributed by atoms with Gasteiger partial charge in [0.25, 0.3) is 0 Å². The van der Waals surface area contributed by atoms with E-state index in [4.69, 9.17) is 16.9 Å². The average Bonchev–Trinajstić information content (AvgIpc) is 2.62. The molecule has 0 aliphatic carbocycles. The number of benzene rings is 2. The molecule has 0 atom stereocenters. The van der Waals surface area contributed by atoms with Crippen molar-refractivity contribution in [1.82, 2.24) is 9.97 Å². The molecule has 23 heavy (non-hydrogen) atoms. The topological polar surface area (TPSA) is 52.8 Å². The second kappa shape index (κ2) is 6.91. The molecular weight excluding hydrogens is 308 g/mol. The van der Waals surface area contributed by atoms with Crippen LogP contribution >= 0.6 is 11.6 Å². The lowest BCUT2D eigenvalue weighted by molar-refractivity contribution is 0.957. The summed E-state index contributed by atoms with van der Waals surface area (Å²) in [4.78, 5) is 10.3. The molecule has 0 fully saturated rings. The van der Waals surface area contributed by atoms with E-state index in [2.05, 4.69) is 20.9 Å². The van der Waals surface area contributed by atoms with Gasteiger partial charge in [-0.05, 0) is 42.0 Å². The summed E-state index contributed by atoms with van der Waals surface area (Å²) in [7, 11) is 0. The molecule has 0 spiro atoms. The fraction of sp³-hybridized carbons (Fsp3) is 0.0556. The number of hydrogen-bond acceptors (Lipinski definition) is 4. The van der Waals surface area contributed by atoms with Gasteiger partial charge in [-0.1, -0.05) is 23.7 Å². The van der Waals surface area contributed by atoms with E-state index in [1.165, 1.54) is 6.33 Å². The lowest BCUT2D eigenvalue weighted by Gasteiger charge is -2.24. The molecule has 0 N–H and O–H groups in total. The van der Waals surface area contributed by atoms with Gasteiger partial charge in [-0.2, -0.15) is 5.26 Å². The molecule has 3 aromatic rings. The van der Waals surface area contributed by atoms with Crippen LogP contribution in [0.25, 0.3) is 0 Å². The molecule has 3 rings (SSSR count). The molecule has 0 amide bonds. The van der Waals surface area contributed by atoms with Gasteiger partial charge in [0.15, 0.2) is 0 Å². The third-order valence-electron chi connectivity index (χ3n) is 3.42. The maximum Gasteiger partial charge on any atom is 0.115 e. The summed E-state index contributed by atoms with van der Waals surface area (Å²) in [6.07, 6.45) is 5.03. The lowest BCUT2D eigenvalue weighted by atomic mass is 10.1. The zero-order valence-electron chi connectivity index (χ0n) is 12.2. The van der Waals surface area contributed by atoms with Gasteiger partial charge in [-0.3, -0.25) is 0 Å². The highest BCUT2D eigenvalue weighted by atomic mass is 35.5. The number of nitriles is 1. The van der Waals surface area contributed by atoms with Crippen molar-refractivity contribution < 1.29 is 0 Å². The van der Waals surface area contributed by atoms with Crippen LogP contribution in [-0.4, -0.2) is 9.97 Å². The smallest absolute Gasteiger partial charge is 0.115 e. The summed E-state index contributed by atoms with van der Waals surface area (Å²) in [5, 5.41) is 9.66. The van der Waals surface area contributed by atoms with Crippen LogP contribution in [0.15, 0.2) is 67.3 Å². The Labute approximate surface area is 139 Å². The quantitative estimate of drug-likeness (QED) is 0.717. The lowest BCUT2D eigenvalue weighted by Crippen LogP contribution is -2.16. The second-order valence-corrected chi connectivity index (χ2v) is 5.40. The van der Waals surface area contributed by atoms with Crippen LogP contribution in [0.1, 0.15) is 11.1 Å². The summed E-state index contributed by atoms with van der Waals surface area (Å²) >= 11 is 5.95. The first kappa shape index (κ1) is 15.0. The Morgan fingerprint density at radius 1 is 0.913 bits per heavy atom. The van der Waals surface area contributed by atoms with E-state index >= 15 is 0 Å². The van der Waals surface area contributed by atoms with E-state index in [1.807, 2.05) is 36.4 Å². The van der Waals surface area contributed by atoms with Gasteiger partial charge >= 0.3 is 0 Å². The second-order valence-electron chi connectivity index (χ2n) is 4.97. The van der Waals surface area contributed by atoms with E-state index in [0.717, 1.165) is 16.9 Å². The van der Waals surface area contributed by atoms with Gasteiger partial charge in [-0.25, -0.2) is 9.97 Å². The zero-order valence-corrected chi connectivity index (χ0v) is 13.0. The Bertz CT molecular complexity index is 808. The van der Waals surface area contributed by atoms with Crippen molar-refractivity contribution >= 4 is 23.0 Å². The van der Waals surface area contributed by atoms with Crippen molar-refractivity contribution in [3.05, 3.63) is 83.4 Å². The van der Waals surface area contributed by atoms with Crippen molar-refractivity contribution in [1.29, 1.82) is 5.26 Å². The van der Waals surface area contributed by atoms with E-state index in [-0.39, 0.29) is 0 Å². The Morgan fingerprint density at radius 3 is 2.17 bits per heavy atom. The number of hydrogen-bond donors (Lipinski definition) is 0. The first-order chi connectivity index (χ1) is 11.3. The molecule has 1 heterocycles. The van der Waals surface area contributed by atoms with Crippen LogP contribution in [0.5, 0.6) is 0 Å². The molecule has 0 unspecified atom stereocenters. The van der Waals surface area contributed by atoms with Gasteiger partial charge in [0, 0.05) is 17.3 Å². The number of nitrogens with zero attached hydrogens (tertiary/aromatic N) is 4. The monoisotopic (exact) mass is 320 g/mol. The molecule has 4 nitrogen and oxygen atoms in total. The SMILES string of the molecule is N#Cc1ccc(N(Cc2ccc(Cl)cc2)c2cncnc2)cc1. The molecule has 0 aliphatic heterocycles. The molecule has 2 aromatic carbocycles. The molecule has 1 aromatic heterocycles. The fourth-order valence-corrected chi connectivity index (χ4v) is 2.38. The summed E-state index contributed by atoms with van der Waals surface area (Å²) in [6, 6.07) is 17.3. The number of anilines is 2. The molecule has 5 heteroatoms. The first-order valence-corrected chi connectivity index (χ1v) is 7.41. The van der Waals surface area contributed by atoms with E-state index in [1.54, 1.807) is 24.5 Å². The number of aromatic nitrogens is 2. The van der Waals surface area contributed by atoms with E-state index in [9.17, 15) is 0 Å². The minimum atomic E-state index is 0.629. The molecule has 0 saturated carbocycles. The van der Waals surface area contributed by atoms with Gasteiger partial charge < -0.3 is 4.90 Å². The van der Waals surface area contributed by atoms with Gasteiger partial charge in [0.2, 0.25) is 0 Å². The molecular formula is C18H13ClN4. The summed E-state index contributed by atoms with van der Waals surface area (Å²) in [6.45, 7) is 0.649. The van der Waals surface area contributed by atoms with E-state index < -0.39 is 0 Å². The van der Waals surface area contributed by atoms with Crippen LogP contribution in [0.4, 0.5) is 11.4 Å². The number of rotatable bonds is 4. The zero-order chi connectivity index (χ0) is 16.1. The average molecular weight is 321 g/mol. The molecule has 112 valence electrons. The fourth-order valence-electron chi connectivity index (χ4n) is 2.25. The third-order valence-corrected chi connectivity index (χ3v) is 3.67. The van der Waals surface area contributed by atoms with Crippen molar-refractivity contribution in [2.45, 2.75) is 6.54 Å². The summed E-state index contributed by atoms with van der Waals surface area (Å²) in [5.41, 5.74) is 3.59. The standard InChI is InChI=1S/C18H13ClN4/c19-16-5-1-15(2-6-16)12-23(18-10-21-13-22-11-18)17-7-3-14(9-20)4-8-17/h1-8,10-11,13H,12H2. The Kier molecular flexibility index (Phi) is 4.51. The van der Waals surface area contributed by atoms with Crippen LogP contribution in [0.3, 0.4) is 0 Å². The summed E-state index contributed by atoms with van der Waals surface area (Å²) in [5.74, 6) is 0. The summed E-state index contributed by atoms with van der Waals surface area (Å²) < 4.78 is 0. The Morgan fingerprint density at radius 2 is 1.57 bits per heavy atom. The highest BCUT2D eigenvalue weighted by Gasteiger charge is 2.11.